The van der Waals surface area contributed by atoms with Crippen molar-refractivity contribution >= 4 is 49.4 Å². The molecule has 1 atom stereocenters. The monoisotopic (exact) mass is 495 g/mol. The number of benzene rings is 1. The third-order valence-electron chi connectivity index (χ3n) is 6.06. The third kappa shape index (κ3) is 4.18. The molecule has 1 aliphatic heterocycles. The molecule has 2 aromatic heterocycles. The maximum absolute atomic E-state index is 13.5. The van der Waals surface area contributed by atoms with Crippen LogP contribution in [0.2, 0.25) is 0 Å². The summed E-state index contributed by atoms with van der Waals surface area (Å²) >= 11 is 1.33. The fraction of sp³-hybridized carbons (Fsp3) is 0.320. The Kier molecular flexibility index (Phi) is 6.31. The van der Waals surface area contributed by atoms with Crippen LogP contribution >= 0.6 is 11.8 Å². The molecule has 3 aromatic rings. The van der Waals surface area contributed by atoms with Crippen molar-refractivity contribution in [1.82, 2.24) is 8.96 Å². The van der Waals surface area contributed by atoms with Crippen LogP contribution in [0.5, 0.6) is 0 Å². The normalized spacial score (nSPS) is 18.6. The van der Waals surface area contributed by atoms with Crippen LogP contribution in [0, 0.1) is 0 Å². The van der Waals surface area contributed by atoms with E-state index in [1.54, 1.807) is 49.6 Å². The molecule has 0 bridgehead atoms. The summed E-state index contributed by atoms with van der Waals surface area (Å²) < 4.78 is 33.4. The molecule has 0 saturated carbocycles. The molecule has 176 valence electrons. The summed E-state index contributed by atoms with van der Waals surface area (Å²) in [6, 6.07) is 9.98. The number of carbonyl (C=O) groups excluding carboxylic acids is 1. The Labute approximate surface area is 203 Å². The van der Waals surface area contributed by atoms with Crippen LogP contribution in [0.4, 0.5) is 0 Å². The van der Waals surface area contributed by atoms with Gasteiger partial charge in [-0.15, -0.1) is 0 Å². The smallest absolute Gasteiger partial charge is 0.363 e. The number of ether oxygens (including phenoxy) is 1. The molecule has 0 fully saturated rings. The van der Waals surface area contributed by atoms with Crippen molar-refractivity contribution in [2.24, 2.45) is 4.99 Å². The fourth-order valence-corrected chi connectivity index (χ4v) is 6.67. The van der Waals surface area contributed by atoms with Gasteiger partial charge in [0.05, 0.1) is 17.5 Å². The van der Waals surface area contributed by atoms with E-state index in [0.717, 1.165) is 35.8 Å². The van der Waals surface area contributed by atoms with Crippen molar-refractivity contribution < 1.29 is 17.9 Å². The van der Waals surface area contributed by atoms with Crippen molar-refractivity contribution in [2.75, 3.05) is 12.4 Å². The van der Waals surface area contributed by atoms with Crippen molar-refractivity contribution in [1.29, 1.82) is 0 Å². The number of thioether (sulfide) groups is 1. The van der Waals surface area contributed by atoms with Gasteiger partial charge in [0.25, 0.3) is 10.0 Å². The molecule has 0 saturated heterocycles. The molecule has 9 heteroatoms. The predicted molar refractivity (Wildman–Crippen MR) is 134 cm³/mol. The van der Waals surface area contributed by atoms with Crippen LogP contribution in [0.25, 0.3) is 16.6 Å². The number of nitrogens with zero attached hydrogens (tertiary/aromatic N) is 3. The van der Waals surface area contributed by atoms with Gasteiger partial charge in [0, 0.05) is 29.1 Å². The zero-order chi connectivity index (χ0) is 23.7. The summed E-state index contributed by atoms with van der Waals surface area (Å²) in [7, 11) is -3.86. The number of esters is 1. The summed E-state index contributed by atoms with van der Waals surface area (Å²) in [5.41, 5.74) is 3.35. The molecule has 1 unspecified atom stereocenters. The van der Waals surface area contributed by atoms with Crippen molar-refractivity contribution in [3.05, 3.63) is 66.0 Å². The lowest BCUT2D eigenvalue weighted by atomic mass is 9.94. The van der Waals surface area contributed by atoms with Crippen molar-refractivity contribution in [3.63, 3.8) is 0 Å². The Morgan fingerprint density at radius 1 is 1.24 bits per heavy atom. The number of aromatic nitrogens is 2. The lowest BCUT2D eigenvalue weighted by Crippen LogP contribution is -2.12. The molecular formula is C25H25N3O4S2. The zero-order valence-corrected chi connectivity index (χ0v) is 20.4. The van der Waals surface area contributed by atoms with Crippen LogP contribution < -0.4 is 0 Å². The van der Waals surface area contributed by atoms with Gasteiger partial charge in [0.15, 0.2) is 10.7 Å². The molecule has 7 nitrogen and oxygen atoms in total. The third-order valence-corrected chi connectivity index (χ3v) is 8.76. The van der Waals surface area contributed by atoms with E-state index in [2.05, 4.69) is 16.1 Å². The van der Waals surface area contributed by atoms with Gasteiger partial charge < -0.3 is 4.74 Å². The van der Waals surface area contributed by atoms with Gasteiger partial charge in [-0.05, 0) is 61.9 Å². The first kappa shape index (κ1) is 22.9. The van der Waals surface area contributed by atoms with E-state index in [0.29, 0.717) is 16.4 Å². The van der Waals surface area contributed by atoms with Crippen molar-refractivity contribution in [2.45, 2.75) is 43.5 Å². The van der Waals surface area contributed by atoms with Gasteiger partial charge in [-0.1, -0.05) is 36.0 Å². The first-order valence-electron chi connectivity index (χ1n) is 11.4. The molecular weight excluding hydrogens is 470 g/mol. The maximum atomic E-state index is 13.5. The second-order valence-corrected chi connectivity index (χ2v) is 11.1. The van der Waals surface area contributed by atoms with E-state index < -0.39 is 16.0 Å². The van der Waals surface area contributed by atoms with Crippen LogP contribution in [0.3, 0.4) is 0 Å². The summed E-state index contributed by atoms with van der Waals surface area (Å²) in [4.78, 5) is 21.6. The van der Waals surface area contributed by atoms with E-state index in [1.807, 2.05) is 6.07 Å². The number of pyridine rings is 1. The topological polar surface area (TPSA) is 90.6 Å². The lowest BCUT2D eigenvalue weighted by Gasteiger charge is -2.13. The average molecular weight is 496 g/mol. The summed E-state index contributed by atoms with van der Waals surface area (Å²) in [6.07, 6.45) is 9.95. The second-order valence-electron chi connectivity index (χ2n) is 8.25. The Bertz CT molecular complexity index is 1410. The average Bonchev–Trinajstić information content (AvgIpc) is 3.50. The minimum Gasteiger partial charge on any atom is -0.461 e. The van der Waals surface area contributed by atoms with Crippen LogP contribution in [-0.2, 0) is 19.6 Å². The SMILES string of the molecule is CCOC(=O)C1=NC(c2cn(S(=O)(=O)c3ccccc3)c3ncc(C4=CCCCC4)cc23)CS1. The van der Waals surface area contributed by atoms with Crippen molar-refractivity contribution in [3.8, 4) is 0 Å². The van der Waals surface area contributed by atoms with Crippen LogP contribution in [-0.4, -0.2) is 40.7 Å². The van der Waals surface area contributed by atoms with Gasteiger partial charge in [-0.2, -0.15) is 0 Å². The number of allylic oxidation sites excluding steroid dienone is 2. The number of carbonyl (C=O) groups is 1. The van der Waals surface area contributed by atoms with Gasteiger partial charge in [-0.25, -0.2) is 22.2 Å². The zero-order valence-electron chi connectivity index (χ0n) is 18.8. The van der Waals surface area contributed by atoms with Crippen LogP contribution in [0.15, 0.2) is 64.8 Å². The molecule has 1 aromatic carbocycles. The van der Waals surface area contributed by atoms with E-state index in [1.165, 1.54) is 27.7 Å². The van der Waals surface area contributed by atoms with Gasteiger partial charge in [-0.3, -0.25) is 4.99 Å². The van der Waals surface area contributed by atoms with Crippen LogP contribution in [0.1, 0.15) is 49.8 Å². The number of fused-ring (bicyclic) bond motifs is 1. The number of hydrogen-bond donors (Lipinski definition) is 0. The summed E-state index contributed by atoms with van der Waals surface area (Å²) in [6.45, 7) is 2.03. The molecule has 5 rings (SSSR count). The molecule has 34 heavy (non-hydrogen) atoms. The second kappa shape index (κ2) is 9.38. The fourth-order valence-electron chi connectivity index (χ4n) is 4.37. The Morgan fingerprint density at radius 2 is 2.06 bits per heavy atom. The highest BCUT2D eigenvalue weighted by Crippen LogP contribution is 2.38. The van der Waals surface area contributed by atoms with Gasteiger partial charge in [0.1, 0.15) is 0 Å². The highest BCUT2D eigenvalue weighted by Gasteiger charge is 2.31. The quantitative estimate of drug-likeness (QED) is 0.448. The van der Waals surface area contributed by atoms with Gasteiger partial charge in [0.2, 0.25) is 0 Å². The maximum Gasteiger partial charge on any atom is 0.363 e. The number of hydrogen-bond acceptors (Lipinski definition) is 7. The Morgan fingerprint density at radius 3 is 2.79 bits per heavy atom. The Hall–Kier alpha value is -2.91. The molecule has 3 heterocycles. The first-order chi connectivity index (χ1) is 16.5. The molecule has 0 N–H and O–H groups in total. The molecule has 0 spiro atoms. The highest BCUT2D eigenvalue weighted by atomic mass is 32.2. The predicted octanol–water partition coefficient (Wildman–Crippen LogP) is 4.98. The van der Waals surface area contributed by atoms with E-state index in [-0.39, 0.29) is 17.5 Å². The first-order valence-corrected chi connectivity index (χ1v) is 13.8. The minimum atomic E-state index is -3.86. The standard InChI is InChI=1S/C25H25N3O4S2/c1-2-32-25(29)24-27-22(16-33-24)21-15-28(34(30,31)19-11-7-4-8-12-19)23-20(21)13-18(14-26-23)17-9-5-3-6-10-17/h4,7-9,11-15,22H,2-3,5-6,10,16H2,1H3. The highest BCUT2D eigenvalue weighted by molar-refractivity contribution is 8.16. The molecule has 2 aliphatic rings. The Balaban J connectivity index is 1.66. The largest absolute Gasteiger partial charge is 0.461 e. The minimum absolute atomic E-state index is 0.191. The molecule has 0 radical (unpaired) electrons. The van der Waals surface area contributed by atoms with Gasteiger partial charge >= 0.3 is 5.97 Å². The van der Waals surface area contributed by atoms with E-state index in [4.69, 9.17) is 4.74 Å². The summed E-state index contributed by atoms with van der Waals surface area (Å²) in [5.74, 6) is 0.0905. The molecule has 0 amide bonds. The lowest BCUT2D eigenvalue weighted by molar-refractivity contribution is -0.134. The van der Waals surface area contributed by atoms with E-state index >= 15 is 0 Å². The number of rotatable bonds is 6. The summed E-state index contributed by atoms with van der Waals surface area (Å²) in [5, 5.41) is 1.06. The molecule has 1 aliphatic carbocycles. The van der Waals surface area contributed by atoms with E-state index in [9.17, 15) is 13.2 Å². The number of aliphatic imine (C=N–C) groups is 1.